The molecule has 0 aliphatic carbocycles. The van der Waals surface area contributed by atoms with Crippen molar-refractivity contribution < 1.29 is 29.4 Å². The minimum atomic E-state index is -1.08. The molecule has 0 saturated carbocycles. The Morgan fingerprint density at radius 3 is 2.29 bits per heavy atom. The number of para-hydroxylation sites is 1. The first-order chi connectivity index (χ1) is 19.7. The van der Waals surface area contributed by atoms with Gasteiger partial charge in [0, 0.05) is 36.6 Å². The van der Waals surface area contributed by atoms with Crippen LogP contribution >= 0.6 is 0 Å². The number of aliphatic carboxylic acids is 1. The van der Waals surface area contributed by atoms with Crippen LogP contribution in [-0.2, 0) is 32.0 Å². The number of nitrogens with two attached hydrogens (primary N) is 1. The average molecular weight is 562 g/mol. The van der Waals surface area contributed by atoms with E-state index in [9.17, 15) is 29.4 Å². The summed E-state index contributed by atoms with van der Waals surface area (Å²) in [4.78, 5) is 58.4. The molecule has 2 aliphatic rings. The zero-order chi connectivity index (χ0) is 29.1. The summed E-state index contributed by atoms with van der Waals surface area (Å²) in [5.74, 6) is -2.31. The van der Waals surface area contributed by atoms with E-state index in [0.717, 1.165) is 16.5 Å². The summed E-state index contributed by atoms with van der Waals surface area (Å²) < 4.78 is 0. The van der Waals surface area contributed by atoms with Crippen LogP contribution < -0.4 is 11.1 Å². The van der Waals surface area contributed by atoms with Crippen LogP contribution in [0.2, 0.25) is 0 Å². The van der Waals surface area contributed by atoms with Gasteiger partial charge in [0.2, 0.25) is 17.7 Å². The van der Waals surface area contributed by atoms with Gasteiger partial charge in [-0.25, -0.2) is 4.79 Å². The lowest BCUT2D eigenvalue weighted by Gasteiger charge is -2.30. The van der Waals surface area contributed by atoms with Crippen molar-refractivity contribution in [3.63, 3.8) is 0 Å². The van der Waals surface area contributed by atoms with Crippen LogP contribution in [0.4, 0.5) is 0 Å². The number of likely N-dealkylation sites (tertiary alicyclic amines) is 2. The molecule has 4 atom stereocenters. The number of nitrogens with zero attached hydrogens (tertiary/aromatic N) is 2. The monoisotopic (exact) mass is 561 g/mol. The van der Waals surface area contributed by atoms with Crippen LogP contribution in [0.25, 0.3) is 10.9 Å². The number of aromatic nitrogens is 1. The fraction of sp³-hybridized carbons (Fsp3) is 0.400. The van der Waals surface area contributed by atoms with Crippen LogP contribution in [0.3, 0.4) is 0 Å². The highest BCUT2D eigenvalue weighted by Gasteiger charge is 2.41. The molecular weight excluding hydrogens is 526 g/mol. The van der Waals surface area contributed by atoms with Gasteiger partial charge in [0.1, 0.15) is 23.9 Å². The summed E-state index contributed by atoms with van der Waals surface area (Å²) in [6, 6.07) is 10.4. The molecule has 11 nitrogen and oxygen atoms in total. The number of carbonyl (C=O) groups excluding carboxylic acids is 3. The fourth-order valence-corrected chi connectivity index (χ4v) is 5.96. The van der Waals surface area contributed by atoms with Gasteiger partial charge >= 0.3 is 5.97 Å². The number of phenolic OH excluding ortho intramolecular Hbond substituents is 1. The van der Waals surface area contributed by atoms with E-state index < -0.39 is 42.0 Å². The number of aromatic amines is 1. The largest absolute Gasteiger partial charge is 0.508 e. The highest BCUT2D eigenvalue weighted by atomic mass is 16.4. The molecule has 11 heteroatoms. The summed E-state index contributed by atoms with van der Waals surface area (Å²) in [5, 5.41) is 23.1. The van der Waals surface area contributed by atoms with E-state index in [2.05, 4.69) is 10.3 Å². The Morgan fingerprint density at radius 2 is 1.59 bits per heavy atom. The Hall–Kier alpha value is -4.38. The number of aromatic hydroxyl groups is 1. The summed E-state index contributed by atoms with van der Waals surface area (Å²) in [6.45, 7) is 0.663. The van der Waals surface area contributed by atoms with Gasteiger partial charge in [-0.05, 0) is 61.4 Å². The predicted molar refractivity (Wildman–Crippen MR) is 151 cm³/mol. The fourth-order valence-electron chi connectivity index (χ4n) is 5.96. The average Bonchev–Trinajstić information content (AvgIpc) is 3.73. The van der Waals surface area contributed by atoms with Crippen LogP contribution in [0, 0.1) is 0 Å². The summed E-state index contributed by atoms with van der Waals surface area (Å²) in [5.41, 5.74) is 8.91. The van der Waals surface area contributed by atoms with E-state index >= 15 is 0 Å². The number of carboxylic acid groups (broad SMARTS) is 1. The molecule has 4 unspecified atom stereocenters. The molecule has 6 N–H and O–H groups in total. The van der Waals surface area contributed by atoms with Gasteiger partial charge < -0.3 is 36.0 Å². The van der Waals surface area contributed by atoms with Crippen molar-refractivity contribution in [3.05, 3.63) is 65.9 Å². The van der Waals surface area contributed by atoms with Gasteiger partial charge in [0.25, 0.3) is 0 Å². The molecule has 2 aromatic carbocycles. The second-order valence-electron chi connectivity index (χ2n) is 10.8. The number of benzene rings is 2. The number of nitrogens with one attached hydrogen (secondary N) is 2. The van der Waals surface area contributed by atoms with E-state index in [0.29, 0.717) is 44.2 Å². The van der Waals surface area contributed by atoms with Crippen LogP contribution in [-0.4, -0.2) is 85.9 Å². The third-order valence-corrected chi connectivity index (χ3v) is 8.08. The molecule has 0 radical (unpaired) electrons. The summed E-state index contributed by atoms with van der Waals surface area (Å²) in [6.07, 6.45) is 4.21. The Morgan fingerprint density at radius 1 is 0.927 bits per heavy atom. The number of hydrogen-bond acceptors (Lipinski definition) is 6. The predicted octanol–water partition coefficient (Wildman–Crippen LogP) is 1.54. The van der Waals surface area contributed by atoms with Gasteiger partial charge in [-0.1, -0.05) is 30.3 Å². The van der Waals surface area contributed by atoms with E-state index in [1.165, 1.54) is 21.9 Å². The second-order valence-corrected chi connectivity index (χ2v) is 10.8. The van der Waals surface area contributed by atoms with E-state index in [1.54, 1.807) is 12.1 Å². The topological polar surface area (TPSA) is 169 Å². The first-order valence-corrected chi connectivity index (χ1v) is 14.0. The quantitative estimate of drug-likeness (QED) is 0.264. The number of phenols is 1. The van der Waals surface area contributed by atoms with E-state index in [1.807, 2.05) is 30.5 Å². The minimum Gasteiger partial charge on any atom is -0.508 e. The molecule has 0 spiro atoms. The molecular formula is C30H35N5O6. The van der Waals surface area contributed by atoms with Gasteiger partial charge in [-0.2, -0.15) is 0 Å². The third-order valence-electron chi connectivity index (χ3n) is 8.08. The van der Waals surface area contributed by atoms with Crippen LogP contribution in [0.15, 0.2) is 54.7 Å². The zero-order valence-electron chi connectivity index (χ0n) is 22.7. The van der Waals surface area contributed by atoms with E-state index in [4.69, 9.17) is 5.73 Å². The lowest BCUT2D eigenvalue weighted by molar-refractivity contribution is -0.149. The van der Waals surface area contributed by atoms with Crippen molar-refractivity contribution in [1.82, 2.24) is 20.1 Å². The molecule has 216 valence electrons. The van der Waals surface area contributed by atoms with Crippen molar-refractivity contribution in [2.45, 2.75) is 62.7 Å². The van der Waals surface area contributed by atoms with Crippen molar-refractivity contribution in [1.29, 1.82) is 0 Å². The Kier molecular flexibility index (Phi) is 8.25. The van der Waals surface area contributed by atoms with Crippen molar-refractivity contribution >= 4 is 34.6 Å². The third kappa shape index (κ3) is 6.04. The summed E-state index contributed by atoms with van der Waals surface area (Å²) in [7, 11) is 0. The van der Waals surface area contributed by atoms with Gasteiger partial charge in [0.15, 0.2) is 0 Å². The van der Waals surface area contributed by atoms with Crippen LogP contribution in [0.5, 0.6) is 5.75 Å². The standard InChI is InChI=1S/C30H35N5O6/c31-22(16-19-17-32-23-6-2-1-5-21(19)23)28(38)34-13-3-7-25(34)27(37)33-24(15-18-9-11-20(36)12-10-18)29(39)35-14-4-8-26(35)30(40)41/h1-2,5-6,9-12,17,22,24-26,32,36H,3-4,7-8,13-16,31H2,(H,33,37)(H,40,41). The van der Waals surface area contributed by atoms with Crippen LogP contribution in [0.1, 0.15) is 36.8 Å². The lowest BCUT2D eigenvalue weighted by atomic mass is 10.0. The maximum Gasteiger partial charge on any atom is 0.326 e. The number of carboxylic acids is 1. The Balaban J connectivity index is 1.31. The molecule has 3 heterocycles. The number of H-pyrrole nitrogens is 1. The Bertz CT molecular complexity index is 1440. The SMILES string of the molecule is NC(Cc1c[nH]c2ccccc12)C(=O)N1CCCC1C(=O)NC(Cc1ccc(O)cc1)C(=O)N1CCCC1C(=O)O. The highest BCUT2D eigenvalue weighted by molar-refractivity contribution is 5.95. The molecule has 0 bridgehead atoms. The molecule has 3 amide bonds. The lowest BCUT2D eigenvalue weighted by Crippen LogP contribution is -2.57. The number of fused-ring (bicyclic) bond motifs is 1. The molecule has 2 saturated heterocycles. The number of carbonyl (C=O) groups is 4. The van der Waals surface area contributed by atoms with Gasteiger partial charge in [-0.3, -0.25) is 14.4 Å². The molecule has 2 fully saturated rings. The molecule has 41 heavy (non-hydrogen) atoms. The number of amides is 3. The van der Waals surface area contributed by atoms with Crippen molar-refractivity contribution in [3.8, 4) is 5.75 Å². The van der Waals surface area contributed by atoms with Crippen molar-refractivity contribution in [2.24, 2.45) is 5.73 Å². The normalized spacial score (nSPS) is 20.2. The Labute approximate surface area is 237 Å². The van der Waals surface area contributed by atoms with Crippen molar-refractivity contribution in [2.75, 3.05) is 13.1 Å². The zero-order valence-corrected chi connectivity index (χ0v) is 22.7. The van der Waals surface area contributed by atoms with Gasteiger partial charge in [0.05, 0.1) is 6.04 Å². The molecule has 1 aromatic heterocycles. The number of rotatable bonds is 9. The summed E-state index contributed by atoms with van der Waals surface area (Å²) >= 11 is 0. The molecule has 5 rings (SSSR count). The smallest absolute Gasteiger partial charge is 0.326 e. The highest BCUT2D eigenvalue weighted by Crippen LogP contribution is 2.24. The maximum atomic E-state index is 13.6. The second kappa shape index (κ2) is 12.0. The molecule has 2 aliphatic heterocycles. The van der Waals surface area contributed by atoms with Gasteiger partial charge in [-0.15, -0.1) is 0 Å². The minimum absolute atomic E-state index is 0.0650. The number of hydrogen-bond donors (Lipinski definition) is 5. The first kappa shape index (κ1) is 28.2. The molecule has 3 aromatic rings. The maximum absolute atomic E-state index is 13.6. The first-order valence-electron chi connectivity index (χ1n) is 14.0. The van der Waals surface area contributed by atoms with E-state index in [-0.39, 0.29) is 24.6 Å².